The molecule has 0 heterocycles. The summed E-state index contributed by atoms with van der Waals surface area (Å²) in [6.45, 7) is 9.96. The van der Waals surface area contributed by atoms with Gasteiger partial charge in [0.1, 0.15) is 0 Å². The molecule has 0 radical (unpaired) electrons. The molecule has 2 aromatic carbocycles. The van der Waals surface area contributed by atoms with Crippen LogP contribution in [0.5, 0.6) is 0 Å². The van der Waals surface area contributed by atoms with Gasteiger partial charge in [-0.3, -0.25) is 0 Å². The lowest BCUT2D eigenvalue weighted by molar-refractivity contribution is 0.506. The topological polar surface area (TPSA) is 12.0 Å². The number of benzene rings is 2. The second kappa shape index (κ2) is 6.44. The van der Waals surface area contributed by atoms with Crippen molar-refractivity contribution >= 4 is 0 Å². The molecule has 0 bridgehead atoms. The van der Waals surface area contributed by atoms with Gasteiger partial charge in [0.15, 0.2) is 0 Å². The van der Waals surface area contributed by atoms with Crippen LogP contribution in [-0.2, 0) is 12.0 Å². The van der Waals surface area contributed by atoms with Crippen LogP contribution in [0.1, 0.15) is 43.9 Å². The van der Waals surface area contributed by atoms with Crippen LogP contribution in [0.4, 0.5) is 0 Å². The van der Waals surface area contributed by atoms with Crippen molar-refractivity contribution < 1.29 is 0 Å². The summed E-state index contributed by atoms with van der Waals surface area (Å²) >= 11 is 0. The number of nitrogens with one attached hydrogen (secondary N) is 1. The molecule has 112 valence electrons. The molecule has 0 saturated carbocycles. The van der Waals surface area contributed by atoms with Crippen molar-refractivity contribution in [3.63, 3.8) is 0 Å². The summed E-state index contributed by atoms with van der Waals surface area (Å²) in [6, 6.07) is 15.8. The second-order valence-electron chi connectivity index (χ2n) is 6.49. The van der Waals surface area contributed by atoms with E-state index in [1.807, 2.05) is 7.05 Å². The monoisotopic (exact) mass is 281 g/mol. The van der Waals surface area contributed by atoms with Crippen molar-refractivity contribution in [3.8, 4) is 11.1 Å². The van der Waals surface area contributed by atoms with Crippen molar-refractivity contribution in [1.82, 2.24) is 5.32 Å². The number of hydrogen-bond donors (Lipinski definition) is 1. The van der Waals surface area contributed by atoms with Gasteiger partial charge < -0.3 is 5.32 Å². The van der Waals surface area contributed by atoms with Crippen LogP contribution >= 0.6 is 0 Å². The molecule has 1 N–H and O–H groups in total. The fourth-order valence-corrected chi connectivity index (χ4v) is 2.60. The van der Waals surface area contributed by atoms with Crippen LogP contribution in [0.15, 0.2) is 42.5 Å². The van der Waals surface area contributed by atoms with E-state index in [0.717, 1.165) is 13.0 Å². The second-order valence-corrected chi connectivity index (χ2v) is 6.49. The van der Waals surface area contributed by atoms with Gasteiger partial charge >= 0.3 is 0 Å². The Hall–Kier alpha value is -1.60. The summed E-state index contributed by atoms with van der Waals surface area (Å²) in [5.41, 5.74) is 6.97. The van der Waals surface area contributed by atoms with E-state index in [0.29, 0.717) is 0 Å². The Morgan fingerprint density at radius 3 is 2.24 bits per heavy atom. The number of aryl methyl sites for hydroxylation is 1. The molecule has 1 heteroatoms. The maximum absolute atomic E-state index is 3.22. The van der Waals surface area contributed by atoms with Crippen LogP contribution in [0.2, 0.25) is 0 Å². The molecule has 0 spiro atoms. The molecule has 2 rings (SSSR count). The highest BCUT2D eigenvalue weighted by Crippen LogP contribution is 2.30. The Balaban J connectivity index is 2.36. The largest absolute Gasteiger partial charge is 0.316 e. The SMILES string of the molecule is CCC(C)(C)c1ccc(-c2cc(CNC)ccc2C)cc1. The predicted molar refractivity (Wildman–Crippen MR) is 92.7 cm³/mol. The van der Waals surface area contributed by atoms with Gasteiger partial charge in [-0.1, -0.05) is 57.2 Å². The standard InChI is InChI=1S/C20H27N/c1-6-20(3,4)18-11-9-17(10-12-18)19-13-16(14-21-5)8-7-15(19)2/h7-13,21H,6,14H2,1-5H3. The van der Waals surface area contributed by atoms with Crippen molar-refractivity contribution in [2.45, 2.75) is 46.1 Å². The average Bonchev–Trinajstić information content (AvgIpc) is 2.49. The minimum atomic E-state index is 0.252. The fourth-order valence-electron chi connectivity index (χ4n) is 2.60. The van der Waals surface area contributed by atoms with Crippen molar-refractivity contribution in [1.29, 1.82) is 0 Å². The van der Waals surface area contributed by atoms with E-state index < -0.39 is 0 Å². The van der Waals surface area contributed by atoms with E-state index in [1.165, 1.54) is 27.8 Å². The van der Waals surface area contributed by atoms with Crippen LogP contribution in [0.25, 0.3) is 11.1 Å². The van der Waals surface area contributed by atoms with Gasteiger partial charge in [0.05, 0.1) is 0 Å². The van der Waals surface area contributed by atoms with Crippen molar-refractivity contribution in [2.75, 3.05) is 7.05 Å². The average molecular weight is 281 g/mol. The normalized spacial score (nSPS) is 11.7. The lowest BCUT2D eigenvalue weighted by atomic mass is 9.81. The third-order valence-corrected chi connectivity index (χ3v) is 4.54. The van der Waals surface area contributed by atoms with Crippen LogP contribution < -0.4 is 5.32 Å². The third kappa shape index (κ3) is 3.54. The maximum atomic E-state index is 3.22. The maximum Gasteiger partial charge on any atom is 0.0202 e. The molecule has 0 unspecified atom stereocenters. The molecule has 21 heavy (non-hydrogen) atoms. The van der Waals surface area contributed by atoms with Gasteiger partial charge in [-0.25, -0.2) is 0 Å². The van der Waals surface area contributed by atoms with Crippen LogP contribution in [0, 0.1) is 6.92 Å². The number of hydrogen-bond acceptors (Lipinski definition) is 1. The van der Waals surface area contributed by atoms with Gasteiger partial charge in [-0.2, -0.15) is 0 Å². The summed E-state index contributed by atoms with van der Waals surface area (Å²) in [6.07, 6.45) is 1.16. The quantitative estimate of drug-likeness (QED) is 0.807. The molecule has 0 fully saturated rings. The Kier molecular flexibility index (Phi) is 4.84. The van der Waals surface area contributed by atoms with Crippen molar-refractivity contribution in [2.24, 2.45) is 0 Å². The summed E-state index contributed by atoms with van der Waals surface area (Å²) in [4.78, 5) is 0. The van der Waals surface area contributed by atoms with Crippen LogP contribution in [-0.4, -0.2) is 7.05 Å². The molecule has 0 aliphatic heterocycles. The molecular weight excluding hydrogens is 254 g/mol. The molecule has 0 saturated heterocycles. The third-order valence-electron chi connectivity index (χ3n) is 4.54. The van der Waals surface area contributed by atoms with Crippen LogP contribution in [0.3, 0.4) is 0 Å². The van der Waals surface area contributed by atoms with Gasteiger partial charge in [0, 0.05) is 6.54 Å². The minimum absolute atomic E-state index is 0.252. The highest BCUT2D eigenvalue weighted by molar-refractivity contribution is 5.68. The van der Waals surface area contributed by atoms with E-state index >= 15 is 0 Å². The smallest absolute Gasteiger partial charge is 0.0202 e. The van der Waals surface area contributed by atoms with Gasteiger partial charge in [0.25, 0.3) is 0 Å². The minimum Gasteiger partial charge on any atom is -0.316 e. The Bertz CT molecular complexity index is 594. The number of rotatable bonds is 5. The van der Waals surface area contributed by atoms with E-state index in [1.54, 1.807) is 0 Å². The summed E-state index contributed by atoms with van der Waals surface area (Å²) in [5, 5.41) is 3.22. The van der Waals surface area contributed by atoms with Gasteiger partial charge in [-0.15, -0.1) is 0 Å². The first kappa shape index (κ1) is 15.8. The summed E-state index contributed by atoms with van der Waals surface area (Å²) < 4.78 is 0. The van der Waals surface area contributed by atoms with E-state index in [9.17, 15) is 0 Å². The first-order valence-electron chi connectivity index (χ1n) is 7.83. The molecule has 2 aromatic rings. The first-order valence-corrected chi connectivity index (χ1v) is 7.83. The zero-order chi connectivity index (χ0) is 15.5. The summed E-state index contributed by atoms with van der Waals surface area (Å²) in [5.74, 6) is 0. The van der Waals surface area contributed by atoms with E-state index in [4.69, 9.17) is 0 Å². The fraction of sp³-hybridized carbons (Fsp3) is 0.400. The predicted octanol–water partition coefficient (Wildman–Crippen LogP) is 5.07. The molecule has 0 aliphatic rings. The Morgan fingerprint density at radius 2 is 1.67 bits per heavy atom. The zero-order valence-electron chi connectivity index (χ0n) is 14.0. The lowest BCUT2D eigenvalue weighted by Crippen LogP contribution is -2.14. The molecule has 0 aliphatic carbocycles. The molecular formula is C20H27N. The Morgan fingerprint density at radius 1 is 1.00 bits per heavy atom. The molecule has 0 atom stereocenters. The lowest BCUT2D eigenvalue weighted by Gasteiger charge is -2.23. The van der Waals surface area contributed by atoms with Gasteiger partial charge in [-0.05, 0) is 59.7 Å². The molecule has 0 aromatic heterocycles. The van der Waals surface area contributed by atoms with E-state index in [2.05, 4.69) is 75.5 Å². The highest BCUT2D eigenvalue weighted by Gasteiger charge is 2.17. The van der Waals surface area contributed by atoms with Crippen molar-refractivity contribution in [3.05, 3.63) is 59.2 Å². The van der Waals surface area contributed by atoms with Gasteiger partial charge in [0.2, 0.25) is 0 Å². The Labute approximate surface area is 129 Å². The highest BCUT2D eigenvalue weighted by atomic mass is 14.8. The zero-order valence-corrected chi connectivity index (χ0v) is 14.0. The first-order chi connectivity index (χ1) is 9.97. The summed E-state index contributed by atoms with van der Waals surface area (Å²) in [7, 11) is 1.99. The van der Waals surface area contributed by atoms with E-state index in [-0.39, 0.29) is 5.41 Å². The molecule has 0 amide bonds. The molecule has 1 nitrogen and oxygen atoms in total.